The molecule has 0 radical (unpaired) electrons. The van der Waals surface area contributed by atoms with Crippen LogP contribution >= 0.6 is 11.3 Å². The van der Waals surface area contributed by atoms with Crippen molar-refractivity contribution in [3.8, 4) is 0 Å². The first-order chi connectivity index (χ1) is 15.2. The fourth-order valence-electron chi connectivity index (χ4n) is 3.95. The van der Waals surface area contributed by atoms with Gasteiger partial charge in [0.1, 0.15) is 16.9 Å². The van der Waals surface area contributed by atoms with Crippen molar-refractivity contribution >= 4 is 43.5 Å². The summed E-state index contributed by atoms with van der Waals surface area (Å²) in [5.41, 5.74) is 4.19. The van der Waals surface area contributed by atoms with Crippen molar-refractivity contribution in [2.75, 3.05) is 0 Å². The van der Waals surface area contributed by atoms with E-state index in [9.17, 15) is 4.79 Å². The molecule has 5 heterocycles. The maximum absolute atomic E-state index is 13.3. The molecule has 6 aromatic rings. The van der Waals surface area contributed by atoms with Crippen LogP contribution in [0.4, 0.5) is 0 Å². The third kappa shape index (κ3) is 2.83. The number of aryl methyl sites for hydroxylation is 1. The molecule has 9 nitrogen and oxygen atoms in total. The van der Waals surface area contributed by atoms with E-state index in [0.717, 1.165) is 42.8 Å². The molecule has 6 rings (SSSR count). The predicted octanol–water partition coefficient (Wildman–Crippen LogP) is 2.65. The smallest absolute Gasteiger partial charge is 0.291 e. The molecule has 31 heavy (non-hydrogen) atoms. The van der Waals surface area contributed by atoms with Gasteiger partial charge in [-0.2, -0.15) is 10.2 Å². The minimum atomic E-state index is -0.135. The number of rotatable bonds is 4. The number of benzene rings is 1. The van der Waals surface area contributed by atoms with Crippen LogP contribution in [-0.4, -0.2) is 39.5 Å². The van der Waals surface area contributed by atoms with Gasteiger partial charge < -0.3 is 4.57 Å². The Morgan fingerprint density at radius 3 is 2.84 bits per heavy atom. The number of hydrogen-bond acceptors (Lipinski definition) is 7. The zero-order chi connectivity index (χ0) is 20.9. The standard InChI is InChI=1S/C21H16N8OS/c1-28-18-15(19-20(28)26-17(31-19)5-12-6-22-11-23-7-12)9-25-29(21(18)30)10-13-3-2-4-16-14(13)8-24-27-16/h2-4,6-9,11H,5,10H2,1H3,(H,24,27). The van der Waals surface area contributed by atoms with Crippen LogP contribution in [0.2, 0.25) is 0 Å². The topological polar surface area (TPSA) is 107 Å². The number of aromatic amines is 1. The molecule has 152 valence electrons. The first-order valence-corrected chi connectivity index (χ1v) is 10.5. The maximum atomic E-state index is 13.3. The average molecular weight is 428 g/mol. The summed E-state index contributed by atoms with van der Waals surface area (Å²) in [4.78, 5) is 26.2. The molecule has 0 spiro atoms. The molecule has 0 fully saturated rings. The molecule has 5 aromatic heterocycles. The van der Waals surface area contributed by atoms with Crippen LogP contribution in [0.5, 0.6) is 0 Å². The lowest BCUT2D eigenvalue weighted by atomic mass is 10.1. The molecule has 0 unspecified atom stereocenters. The Balaban J connectivity index is 1.43. The largest absolute Gasteiger partial charge is 0.323 e. The fraction of sp³-hybridized carbons (Fsp3) is 0.143. The van der Waals surface area contributed by atoms with Gasteiger partial charge in [-0.05, 0) is 17.2 Å². The monoisotopic (exact) mass is 428 g/mol. The molecule has 1 N–H and O–H groups in total. The van der Waals surface area contributed by atoms with Crippen molar-refractivity contribution in [3.05, 3.63) is 75.8 Å². The van der Waals surface area contributed by atoms with Crippen LogP contribution in [0, 0.1) is 0 Å². The van der Waals surface area contributed by atoms with Gasteiger partial charge in [0.15, 0.2) is 5.65 Å². The van der Waals surface area contributed by atoms with Gasteiger partial charge >= 0.3 is 0 Å². The summed E-state index contributed by atoms with van der Waals surface area (Å²) >= 11 is 1.58. The molecule has 0 aliphatic rings. The number of nitrogens with one attached hydrogen (secondary N) is 1. The Bertz CT molecular complexity index is 1630. The van der Waals surface area contributed by atoms with Crippen molar-refractivity contribution in [1.82, 2.24) is 39.5 Å². The van der Waals surface area contributed by atoms with Gasteiger partial charge in [-0.15, -0.1) is 11.3 Å². The van der Waals surface area contributed by atoms with E-state index in [1.807, 2.05) is 29.8 Å². The maximum Gasteiger partial charge on any atom is 0.291 e. The average Bonchev–Trinajstić information content (AvgIpc) is 3.48. The van der Waals surface area contributed by atoms with Crippen molar-refractivity contribution in [3.63, 3.8) is 0 Å². The second kappa shape index (κ2) is 6.81. The van der Waals surface area contributed by atoms with Crippen LogP contribution in [0.25, 0.3) is 32.2 Å². The highest BCUT2D eigenvalue weighted by Crippen LogP contribution is 2.31. The Labute approximate surface area is 179 Å². The first kappa shape index (κ1) is 17.9. The molecule has 0 aliphatic carbocycles. The van der Waals surface area contributed by atoms with Gasteiger partial charge in [-0.25, -0.2) is 19.6 Å². The van der Waals surface area contributed by atoms with E-state index in [0.29, 0.717) is 18.5 Å². The fourth-order valence-corrected chi connectivity index (χ4v) is 5.09. The molecule has 0 bridgehead atoms. The minimum Gasteiger partial charge on any atom is -0.323 e. The molecule has 10 heteroatoms. The Kier molecular flexibility index (Phi) is 3.93. The molecule has 0 saturated carbocycles. The lowest BCUT2D eigenvalue weighted by molar-refractivity contribution is 0.647. The zero-order valence-electron chi connectivity index (χ0n) is 16.5. The number of fused-ring (bicyclic) bond motifs is 4. The van der Waals surface area contributed by atoms with Gasteiger partial charge in [0.25, 0.3) is 5.56 Å². The van der Waals surface area contributed by atoms with E-state index in [2.05, 4.69) is 25.3 Å². The summed E-state index contributed by atoms with van der Waals surface area (Å²) < 4.78 is 4.33. The van der Waals surface area contributed by atoms with E-state index in [4.69, 9.17) is 4.98 Å². The Morgan fingerprint density at radius 1 is 1.10 bits per heavy atom. The molecule has 0 aliphatic heterocycles. The van der Waals surface area contributed by atoms with Gasteiger partial charge in [0, 0.05) is 36.6 Å². The quantitative estimate of drug-likeness (QED) is 0.463. The Hall–Kier alpha value is -3.92. The van der Waals surface area contributed by atoms with Crippen LogP contribution in [0.3, 0.4) is 0 Å². The SMILES string of the molecule is Cn1c2nc(Cc3cncnc3)sc2c2cnn(Cc3cccc4[nH]ncc34)c(=O)c21. The molecule has 0 saturated heterocycles. The number of aromatic nitrogens is 8. The summed E-state index contributed by atoms with van der Waals surface area (Å²) in [7, 11) is 1.88. The number of H-pyrrole nitrogens is 1. The second-order valence-corrected chi connectivity index (χ2v) is 8.44. The van der Waals surface area contributed by atoms with Gasteiger partial charge in [-0.3, -0.25) is 9.89 Å². The molecule has 1 aromatic carbocycles. The predicted molar refractivity (Wildman–Crippen MR) is 118 cm³/mol. The number of nitrogens with zero attached hydrogens (tertiary/aromatic N) is 7. The highest BCUT2D eigenvalue weighted by Gasteiger charge is 2.18. The van der Waals surface area contributed by atoms with E-state index in [1.54, 1.807) is 36.1 Å². The summed E-state index contributed by atoms with van der Waals surface area (Å²) in [6, 6.07) is 5.89. The van der Waals surface area contributed by atoms with Crippen molar-refractivity contribution in [1.29, 1.82) is 0 Å². The second-order valence-electron chi connectivity index (χ2n) is 7.36. The Morgan fingerprint density at radius 2 is 1.97 bits per heavy atom. The third-order valence-corrected chi connectivity index (χ3v) is 6.51. The lowest BCUT2D eigenvalue weighted by Gasteiger charge is -2.07. The van der Waals surface area contributed by atoms with Gasteiger partial charge in [0.05, 0.1) is 29.2 Å². The van der Waals surface area contributed by atoms with Crippen LogP contribution < -0.4 is 5.56 Å². The summed E-state index contributed by atoms with van der Waals surface area (Å²) in [6.07, 6.45) is 9.29. The summed E-state index contributed by atoms with van der Waals surface area (Å²) in [5, 5.41) is 14.3. The third-order valence-electron chi connectivity index (χ3n) is 5.43. The summed E-state index contributed by atoms with van der Waals surface area (Å²) in [5.74, 6) is 0. The first-order valence-electron chi connectivity index (χ1n) is 9.68. The van der Waals surface area contributed by atoms with Gasteiger partial charge in [-0.1, -0.05) is 12.1 Å². The van der Waals surface area contributed by atoms with Crippen molar-refractivity contribution in [2.24, 2.45) is 7.05 Å². The van der Waals surface area contributed by atoms with E-state index in [1.165, 1.54) is 11.0 Å². The molecular formula is C21H16N8OS. The van der Waals surface area contributed by atoms with E-state index < -0.39 is 0 Å². The number of thiazole rings is 1. The van der Waals surface area contributed by atoms with Crippen LogP contribution in [-0.2, 0) is 20.0 Å². The van der Waals surface area contributed by atoms with Gasteiger partial charge in [0.2, 0.25) is 0 Å². The van der Waals surface area contributed by atoms with Crippen molar-refractivity contribution in [2.45, 2.75) is 13.0 Å². The highest BCUT2D eigenvalue weighted by molar-refractivity contribution is 7.19. The normalized spacial score (nSPS) is 11.8. The van der Waals surface area contributed by atoms with Crippen molar-refractivity contribution < 1.29 is 0 Å². The number of hydrogen-bond donors (Lipinski definition) is 1. The molecule has 0 amide bonds. The highest BCUT2D eigenvalue weighted by atomic mass is 32.1. The molecular weight excluding hydrogens is 412 g/mol. The van der Waals surface area contributed by atoms with Crippen LogP contribution in [0.15, 0.2) is 54.1 Å². The summed E-state index contributed by atoms with van der Waals surface area (Å²) in [6.45, 7) is 0.372. The zero-order valence-corrected chi connectivity index (χ0v) is 17.3. The minimum absolute atomic E-state index is 0.135. The van der Waals surface area contributed by atoms with E-state index in [-0.39, 0.29) is 5.56 Å². The lowest BCUT2D eigenvalue weighted by Crippen LogP contribution is -2.24. The van der Waals surface area contributed by atoms with Crippen LogP contribution in [0.1, 0.15) is 16.1 Å². The molecule has 0 atom stereocenters. The van der Waals surface area contributed by atoms with E-state index >= 15 is 0 Å².